The number of hydrogen-bond donors (Lipinski definition) is 0. The number of benzene rings is 2. The summed E-state index contributed by atoms with van der Waals surface area (Å²) in [6.45, 7) is 4.17. The van der Waals surface area contributed by atoms with E-state index in [4.69, 9.17) is 4.98 Å². The van der Waals surface area contributed by atoms with Crippen molar-refractivity contribution in [2.75, 3.05) is 0 Å². The molecule has 0 unspecified atom stereocenters. The summed E-state index contributed by atoms with van der Waals surface area (Å²) in [6.07, 6.45) is 1.92. The van der Waals surface area contributed by atoms with Crippen molar-refractivity contribution in [3.05, 3.63) is 86.7 Å². The number of para-hydroxylation sites is 1. The summed E-state index contributed by atoms with van der Waals surface area (Å²) in [4.78, 5) is 30.0. The number of aromatic nitrogens is 5. The highest BCUT2D eigenvalue weighted by Gasteiger charge is 2.21. The van der Waals surface area contributed by atoms with E-state index in [1.54, 1.807) is 11.4 Å². The molecule has 30 heavy (non-hydrogen) atoms. The van der Waals surface area contributed by atoms with Gasteiger partial charge in [-0.1, -0.05) is 30.3 Å². The van der Waals surface area contributed by atoms with Crippen molar-refractivity contribution < 1.29 is 0 Å². The number of rotatable bonds is 2. The molecule has 0 bridgehead atoms. The van der Waals surface area contributed by atoms with Crippen LogP contribution in [0.1, 0.15) is 11.1 Å². The van der Waals surface area contributed by atoms with E-state index >= 15 is 0 Å². The van der Waals surface area contributed by atoms with Crippen molar-refractivity contribution in [1.82, 2.24) is 23.1 Å². The average molecular weight is 399 g/mol. The molecule has 7 nitrogen and oxygen atoms in total. The van der Waals surface area contributed by atoms with Gasteiger partial charge in [-0.2, -0.15) is 4.98 Å². The summed E-state index contributed by atoms with van der Waals surface area (Å²) in [5, 5.41) is 0. The Morgan fingerprint density at radius 1 is 0.867 bits per heavy atom. The van der Waals surface area contributed by atoms with Gasteiger partial charge in [-0.25, -0.2) is 4.79 Å². The molecular formula is C23H21N5O2. The minimum atomic E-state index is -0.395. The number of aryl methyl sites for hydroxylation is 3. The number of nitrogens with zero attached hydrogens (tertiary/aromatic N) is 5. The number of hydrogen-bond acceptors (Lipinski definition) is 3. The highest BCUT2D eigenvalue weighted by Crippen LogP contribution is 2.29. The molecule has 0 atom stereocenters. The summed E-state index contributed by atoms with van der Waals surface area (Å²) in [6, 6.07) is 16.2. The Morgan fingerprint density at radius 2 is 1.60 bits per heavy atom. The minimum Gasteiger partial charge on any atom is -0.279 e. The fourth-order valence-electron chi connectivity index (χ4n) is 3.91. The van der Waals surface area contributed by atoms with E-state index in [9.17, 15) is 9.59 Å². The van der Waals surface area contributed by atoms with Crippen LogP contribution in [0, 0.1) is 13.8 Å². The second kappa shape index (κ2) is 6.32. The summed E-state index contributed by atoms with van der Waals surface area (Å²) < 4.78 is 6.34. The van der Waals surface area contributed by atoms with Crippen molar-refractivity contribution in [2.45, 2.75) is 13.8 Å². The summed E-state index contributed by atoms with van der Waals surface area (Å²) in [5.41, 5.74) is 5.28. The second-order valence-corrected chi connectivity index (χ2v) is 7.64. The van der Waals surface area contributed by atoms with Crippen LogP contribution in [0.2, 0.25) is 0 Å². The van der Waals surface area contributed by atoms with Crippen molar-refractivity contribution in [2.24, 2.45) is 14.1 Å². The Hall–Kier alpha value is -3.87. The van der Waals surface area contributed by atoms with Gasteiger partial charge in [0.1, 0.15) is 0 Å². The van der Waals surface area contributed by atoms with Crippen LogP contribution in [-0.2, 0) is 14.1 Å². The topological polar surface area (TPSA) is 66.2 Å². The van der Waals surface area contributed by atoms with Crippen LogP contribution in [-0.4, -0.2) is 23.1 Å². The molecule has 0 amide bonds. The Morgan fingerprint density at radius 3 is 2.30 bits per heavy atom. The zero-order chi connectivity index (χ0) is 21.2. The molecule has 7 heteroatoms. The van der Waals surface area contributed by atoms with Gasteiger partial charge >= 0.3 is 5.69 Å². The molecule has 2 aromatic carbocycles. The Balaban J connectivity index is 1.97. The first kappa shape index (κ1) is 18.2. The Kier molecular flexibility index (Phi) is 3.83. The third-order valence-corrected chi connectivity index (χ3v) is 5.78. The Labute approximate surface area is 172 Å². The fraction of sp³-hybridized carbons (Fsp3) is 0.174. The van der Waals surface area contributed by atoms with Gasteiger partial charge in [0.2, 0.25) is 5.78 Å². The van der Waals surface area contributed by atoms with Crippen molar-refractivity contribution in [3.8, 4) is 16.9 Å². The third kappa shape index (κ3) is 2.41. The monoisotopic (exact) mass is 399 g/mol. The molecular weight excluding hydrogens is 378 g/mol. The van der Waals surface area contributed by atoms with Crippen LogP contribution >= 0.6 is 0 Å². The van der Waals surface area contributed by atoms with Crippen LogP contribution in [0.4, 0.5) is 0 Å². The molecule has 0 radical (unpaired) electrons. The quantitative estimate of drug-likeness (QED) is 0.458. The van der Waals surface area contributed by atoms with Gasteiger partial charge in [0, 0.05) is 31.5 Å². The van der Waals surface area contributed by atoms with Crippen LogP contribution in [0.3, 0.4) is 0 Å². The van der Waals surface area contributed by atoms with E-state index in [2.05, 4.69) is 32.0 Å². The molecule has 0 N–H and O–H groups in total. The van der Waals surface area contributed by atoms with Gasteiger partial charge in [0.05, 0.1) is 5.69 Å². The number of fused-ring (bicyclic) bond motifs is 3. The first-order valence-corrected chi connectivity index (χ1v) is 9.71. The third-order valence-electron chi connectivity index (χ3n) is 5.78. The summed E-state index contributed by atoms with van der Waals surface area (Å²) >= 11 is 0. The molecule has 0 aliphatic heterocycles. The summed E-state index contributed by atoms with van der Waals surface area (Å²) in [7, 11) is 3.12. The van der Waals surface area contributed by atoms with Gasteiger partial charge in [-0.15, -0.1) is 0 Å². The highest BCUT2D eigenvalue weighted by atomic mass is 16.2. The molecule has 0 saturated heterocycles. The first-order valence-electron chi connectivity index (χ1n) is 9.71. The van der Waals surface area contributed by atoms with E-state index in [-0.39, 0.29) is 5.56 Å². The highest BCUT2D eigenvalue weighted by molar-refractivity contribution is 5.79. The standard InChI is InChI=1S/C23H21N5O2/c1-14-10-11-16(12-15(14)2)18-13-27-19-20(25(3)23(30)26(4)21(19)29)24-22(27)28(18)17-8-6-5-7-9-17/h5-13H,1-4H3. The van der Waals surface area contributed by atoms with Crippen molar-refractivity contribution in [3.63, 3.8) is 0 Å². The van der Waals surface area contributed by atoms with E-state index < -0.39 is 5.69 Å². The predicted molar refractivity (Wildman–Crippen MR) is 117 cm³/mol. The molecule has 150 valence electrons. The van der Waals surface area contributed by atoms with E-state index in [0.29, 0.717) is 16.9 Å². The normalized spacial score (nSPS) is 11.6. The maximum absolute atomic E-state index is 12.9. The summed E-state index contributed by atoms with van der Waals surface area (Å²) in [5.74, 6) is 0.586. The number of imidazole rings is 2. The molecule has 3 heterocycles. The molecule has 3 aromatic heterocycles. The molecule has 5 aromatic rings. The lowest BCUT2D eigenvalue weighted by Crippen LogP contribution is -2.37. The van der Waals surface area contributed by atoms with Crippen LogP contribution in [0.25, 0.3) is 33.9 Å². The molecule has 0 saturated carbocycles. The van der Waals surface area contributed by atoms with Gasteiger partial charge in [-0.3, -0.25) is 22.9 Å². The van der Waals surface area contributed by atoms with Crippen molar-refractivity contribution >= 4 is 16.9 Å². The fourth-order valence-corrected chi connectivity index (χ4v) is 3.91. The van der Waals surface area contributed by atoms with Crippen LogP contribution in [0.15, 0.2) is 64.3 Å². The lowest BCUT2D eigenvalue weighted by Gasteiger charge is -2.10. The molecule has 0 aliphatic rings. The first-order chi connectivity index (χ1) is 14.4. The second-order valence-electron chi connectivity index (χ2n) is 7.64. The van der Waals surface area contributed by atoms with Gasteiger partial charge in [0.15, 0.2) is 11.2 Å². The zero-order valence-electron chi connectivity index (χ0n) is 17.2. The van der Waals surface area contributed by atoms with Gasteiger partial charge in [0.25, 0.3) is 5.56 Å². The smallest absolute Gasteiger partial charge is 0.279 e. The van der Waals surface area contributed by atoms with Crippen molar-refractivity contribution in [1.29, 1.82) is 0 Å². The minimum absolute atomic E-state index is 0.363. The molecule has 5 rings (SSSR count). The molecule has 0 spiro atoms. The zero-order valence-corrected chi connectivity index (χ0v) is 17.2. The lowest BCUT2D eigenvalue weighted by molar-refractivity contribution is 0.708. The average Bonchev–Trinajstić information content (AvgIpc) is 3.29. The molecule has 0 fully saturated rings. The van der Waals surface area contributed by atoms with Crippen LogP contribution in [0.5, 0.6) is 0 Å². The van der Waals surface area contributed by atoms with E-state index in [1.807, 2.05) is 41.1 Å². The van der Waals surface area contributed by atoms with Crippen LogP contribution < -0.4 is 11.2 Å². The maximum atomic E-state index is 12.9. The SMILES string of the molecule is Cc1ccc(-c2cn3c4c(=O)n(C)c(=O)n(C)c4nc3n2-c2ccccc2)cc1C. The largest absolute Gasteiger partial charge is 0.332 e. The van der Waals surface area contributed by atoms with E-state index in [0.717, 1.165) is 21.5 Å². The van der Waals surface area contributed by atoms with Gasteiger partial charge in [-0.05, 0) is 43.2 Å². The Bertz CT molecular complexity index is 1570. The van der Waals surface area contributed by atoms with Gasteiger partial charge < -0.3 is 0 Å². The maximum Gasteiger partial charge on any atom is 0.332 e. The molecule has 0 aliphatic carbocycles. The lowest BCUT2D eigenvalue weighted by atomic mass is 10.0. The van der Waals surface area contributed by atoms with E-state index in [1.165, 1.54) is 22.7 Å². The predicted octanol–water partition coefficient (Wildman–Crippen LogP) is 2.96.